The molecule has 27 heavy (non-hydrogen) atoms. The number of fused-ring (bicyclic) bond motifs is 1. The highest BCUT2D eigenvalue weighted by molar-refractivity contribution is 6.17. The highest BCUT2D eigenvalue weighted by Crippen LogP contribution is 2.26. The van der Waals surface area contributed by atoms with Gasteiger partial charge < -0.3 is 9.72 Å². The van der Waals surface area contributed by atoms with E-state index in [4.69, 9.17) is 4.74 Å². The van der Waals surface area contributed by atoms with Crippen molar-refractivity contribution in [3.63, 3.8) is 0 Å². The van der Waals surface area contributed by atoms with Crippen LogP contribution in [0.25, 0.3) is 10.9 Å². The van der Waals surface area contributed by atoms with Gasteiger partial charge in [0.15, 0.2) is 5.78 Å². The van der Waals surface area contributed by atoms with Gasteiger partial charge in [-0.1, -0.05) is 37.3 Å². The topological polar surface area (TPSA) is 55.0 Å². The van der Waals surface area contributed by atoms with Gasteiger partial charge >= 0.3 is 0 Å². The van der Waals surface area contributed by atoms with Crippen LogP contribution in [-0.4, -0.2) is 15.8 Å². The van der Waals surface area contributed by atoms with Crippen molar-refractivity contribution in [3.8, 4) is 5.75 Å². The molecule has 0 saturated carbocycles. The lowest BCUT2D eigenvalue weighted by Gasteiger charge is -2.08. The zero-order valence-corrected chi connectivity index (χ0v) is 15.1. The number of rotatable bonds is 6. The molecule has 0 atom stereocenters. The second kappa shape index (κ2) is 7.46. The third kappa shape index (κ3) is 3.47. The van der Waals surface area contributed by atoms with E-state index in [9.17, 15) is 4.79 Å². The fourth-order valence-electron chi connectivity index (χ4n) is 3.21. The van der Waals surface area contributed by atoms with E-state index in [0.717, 1.165) is 39.9 Å². The number of nitrogens with zero attached hydrogens (tertiary/aromatic N) is 1. The van der Waals surface area contributed by atoms with Crippen LogP contribution in [0.3, 0.4) is 0 Å². The van der Waals surface area contributed by atoms with Gasteiger partial charge in [-0.3, -0.25) is 9.78 Å². The van der Waals surface area contributed by atoms with Crippen LogP contribution >= 0.6 is 0 Å². The fraction of sp³-hybridized carbons (Fsp3) is 0.130. The summed E-state index contributed by atoms with van der Waals surface area (Å²) in [5, 5.41) is 0.913. The number of carbonyl (C=O) groups excluding carboxylic acids is 1. The Labute approximate surface area is 157 Å². The summed E-state index contributed by atoms with van der Waals surface area (Å²) in [6, 6.07) is 19.2. The van der Waals surface area contributed by atoms with Gasteiger partial charge in [0.05, 0.1) is 17.3 Å². The number of hydrogen-bond donors (Lipinski definition) is 1. The molecule has 0 amide bonds. The number of benzene rings is 2. The van der Waals surface area contributed by atoms with Crippen molar-refractivity contribution in [1.29, 1.82) is 0 Å². The van der Waals surface area contributed by atoms with Gasteiger partial charge in [0, 0.05) is 22.8 Å². The van der Waals surface area contributed by atoms with Gasteiger partial charge in [0.1, 0.15) is 12.4 Å². The van der Waals surface area contributed by atoms with Crippen LogP contribution in [-0.2, 0) is 13.0 Å². The molecule has 0 aliphatic carbocycles. The monoisotopic (exact) mass is 356 g/mol. The summed E-state index contributed by atoms with van der Waals surface area (Å²) < 4.78 is 5.81. The third-order valence-electron chi connectivity index (χ3n) is 4.62. The number of carbonyl (C=O) groups is 1. The van der Waals surface area contributed by atoms with Gasteiger partial charge in [0.25, 0.3) is 0 Å². The van der Waals surface area contributed by atoms with Crippen molar-refractivity contribution in [2.75, 3.05) is 0 Å². The first-order valence-corrected chi connectivity index (χ1v) is 9.02. The third-order valence-corrected chi connectivity index (χ3v) is 4.62. The quantitative estimate of drug-likeness (QED) is 0.498. The van der Waals surface area contributed by atoms with E-state index in [2.05, 4.69) is 9.97 Å². The van der Waals surface area contributed by atoms with E-state index in [0.29, 0.717) is 12.2 Å². The van der Waals surface area contributed by atoms with Crippen LogP contribution in [0.5, 0.6) is 5.75 Å². The Bertz CT molecular complexity index is 1070. The van der Waals surface area contributed by atoms with Crippen LogP contribution in [0, 0.1) is 0 Å². The Morgan fingerprint density at radius 3 is 2.56 bits per heavy atom. The molecule has 134 valence electrons. The standard InChI is InChI=1S/C23H20N2O2/c1-2-20-22(19-12-13-24-14-21(19)25-20)23(26)17-8-10-18(11-9-17)27-15-16-6-4-3-5-7-16/h3-14,25H,2,15H2,1H3. The number of aromatic nitrogens is 2. The molecule has 0 unspecified atom stereocenters. The largest absolute Gasteiger partial charge is 0.489 e. The molecular formula is C23H20N2O2. The number of aryl methyl sites for hydroxylation is 1. The van der Waals surface area contributed by atoms with Gasteiger partial charge in [0.2, 0.25) is 0 Å². The highest BCUT2D eigenvalue weighted by atomic mass is 16.5. The normalized spacial score (nSPS) is 10.9. The Kier molecular flexibility index (Phi) is 4.71. The first-order valence-electron chi connectivity index (χ1n) is 9.02. The van der Waals surface area contributed by atoms with Crippen molar-refractivity contribution in [1.82, 2.24) is 9.97 Å². The predicted octanol–water partition coefficient (Wildman–Crippen LogP) is 4.94. The van der Waals surface area contributed by atoms with Crippen molar-refractivity contribution < 1.29 is 9.53 Å². The smallest absolute Gasteiger partial charge is 0.195 e. The van der Waals surface area contributed by atoms with E-state index < -0.39 is 0 Å². The number of nitrogens with one attached hydrogen (secondary N) is 1. The molecule has 1 N–H and O–H groups in total. The fourth-order valence-corrected chi connectivity index (χ4v) is 3.21. The molecule has 0 saturated heterocycles. The lowest BCUT2D eigenvalue weighted by Crippen LogP contribution is -2.04. The average Bonchev–Trinajstić information content (AvgIpc) is 3.11. The van der Waals surface area contributed by atoms with Crippen LogP contribution in [0.1, 0.15) is 34.1 Å². The first kappa shape index (κ1) is 17.0. The van der Waals surface area contributed by atoms with Crippen LogP contribution in [0.15, 0.2) is 73.1 Å². The molecule has 2 aromatic heterocycles. The molecule has 2 heterocycles. The summed E-state index contributed by atoms with van der Waals surface area (Å²) in [5.74, 6) is 0.758. The van der Waals surface area contributed by atoms with Gasteiger partial charge in [-0.15, -0.1) is 0 Å². The van der Waals surface area contributed by atoms with Crippen LogP contribution in [0.2, 0.25) is 0 Å². The summed E-state index contributed by atoms with van der Waals surface area (Å²) in [6.07, 6.45) is 4.23. The number of aromatic amines is 1. The molecule has 0 aliphatic rings. The molecule has 0 fully saturated rings. The molecule has 0 bridgehead atoms. The zero-order valence-electron chi connectivity index (χ0n) is 15.1. The van der Waals surface area contributed by atoms with Gasteiger partial charge in [-0.2, -0.15) is 0 Å². The van der Waals surface area contributed by atoms with Crippen molar-refractivity contribution >= 4 is 16.7 Å². The Balaban J connectivity index is 1.56. The summed E-state index contributed by atoms with van der Waals surface area (Å²) >= 11 is 0. The van der Waals surface area contributed by atoms with Crippen molar-refractivity contribution in [3.05, 3.63) is 95.4 Å². The Morgan fingerprint density at radius 1 is 1.04 bits per heavy atom. The molecule has 0 radical (unpaired) electrons. The molecule has 2 aromatic carbocycles. The van der Waals surface area contributed by atoms with E-state index in [1.807, 2.05) is 67.6 Å². The number of pyridine rings is 1. The number of ketones is 1. The lowest BCUT2D eigenvalue weighted by atomic mass is 9.99. The van der Waals surface area contributed by atoms with Gasteiger partial charge in [-0.25, -0.2) is 0 Å². The number of ether oxygens (including phenoxy) is 1. The number of H-pyrrole nitrogens is 1. The maximum atomic E-state index is 13.1. The minimum absolute atomic E-state index is 0.0129. The summed E-state index contributed by atoms with van der Waals surface area (Å²) in [7, 11) is 0. The second-order valence-electron chi connectivity index (χ2n) is 6.38. The summed E-state index contributed by atoms with van der Waals surface area (Å²) in [5.41, 5.74) is 4.31. The van der Waals surface area contributed by atoms with Crippen molar-refractivity contribution in [2.45, 2.75) is 20.0 Å². The minimum atomic E-state index is 0.0129. The maximum Gasteiger partial charge on any atom is 0.195 e. The van der Waals surface area contributed by atoms with Crippen LogP contribution < -0.4 is 4.74 Å². The van der Waals surface area contributed by atoms with Crippen LogP contribution in [0.4, 0.5) is 0 Å². The van der Waals surface area contributed by atoms with E-state index in [1.54, 1.807) is 12.4 Å². The minimum Gasteiger partial charge on any atom is -0.489 e. The first-order chi connectivity index (χ1) is 13.3. The Morgan fingerprint density at radius 2 is 1.81 bits per heavy atom. The highest BCUT2D eigenvalue weighted by Gasteiger charge is 2.19. The van der Waals surface area contributed by atoms with E-state index in [-0.39, 0.29) is 5.78 Å². The summed E-state index contributed by atoms with van der Waals surface area (Å²) in [4.78, 5) is 20.5. The van der Waals surface area contributed by atoms with E-state index in [1.165, 1.54) is 0 Å². The molecular weight excluding hydrogens is 336 g/mol. The SMILES string of the molecule is CCc1[nH]c2cnccc2c1C(=O)c1ccc(OCc2ccccc2)cc1. The van der Waals surface area contributed by atoms with Gasteiger partial charge in [-0.05, 0) is 42.3 Å². The second-order valence-corrected chi connectivity index (χ2v) is 6.38. The van der Waals surface area contributed by atoms with Crippen molar-refractivity contribution in [2.24, 2.45) is 0 Å². The zero-order chi connectivity index (χ0) is 18.6. The maximum absolute atomic E-state index is 13.1. The van der Waals surface area contributed by atoms with E-state index >= 15 is 0 Å². The predicted molar refractivity (Wildman–Crippen MR) is 106 cm³/mol. The average molecular weight is 356 g/mol. The Hall–Kier alpha value is -3.40. The molecule has 0 spiro atoms. The molecule has 4 nitrogen and oxygen atoms in total. The molecule has 4 aromatic rings. The molecule has 4 heteroatoms. The molecule has 4 rings (SSSR count). The summed E-state index contributed by atoms with van der Waals surface area (Å²) in [6.45, 7) is 2.54. The lowest BCUT2D eigenvalue weighted by molar-refractivity contribution is 0.103. The molecule has 0 aliphatic heterocycles. The number of hydrogen-bond acceptors (Lipinski definition) is 3.